The van der Waals surface area contributed by atoms with Gasteiger partial charge in [0.15, 0.2) is 5.82 Å². The molecule has 0 aliphatic rings. The van der Waals surface area contributed by atoms with E-state index in [1.165, 1.54) is 0 Å². The second-order valence-corrected chi connectivity index (χ2v) is 11.6. The average Bonchev–Trinajstić information content (AvgIpc) is 3.35. The molecule has 0 atom stereocenters. The van der Waals surface area contributed by atoms with Crippen LogP contribution in [0.1, 0.15) is 0 Å². The maximum atomic E-state index is 12.8. The van der Waals surface area contributed by atoms with Crippen molar-refractivity contribution in [1.29, 1.82) is 0 Å². The van der Waals surface area contributed by atoms with Crippen molar-refractivity contribution in [1.82, 2.24) is 19.1 Å². The Kier molecular flexibility index (Phi) is 6.65. The number of aromatic nitrogens is 4. The Balaban J connectivity index is 1.23. The number of nitrogens with zero attached hydrogens (tertiary/aromatic N) is 4. The Hall–Kier alpha value is -6.07. The first kappa shape index (κ1) is 27.5. The highest BCUT2D eigenvalue weighted by atomic mass is 16.1. The molecule has 0 spiro atoms. The Morgan fingerprint density at radius 1 is 0.457 bits per heavy atom. The molecule has 0 N–H and O–H groups in total. The molecule has 0 unspecified atom stereocenters. The van der Waals surface area contributed by atoms with Gasteiger partial charge in [-0.1, -0.05) is 133 Å². The molecular formula is C41H30N4O. The third-order valence-electron chi connectivity index (χ3n) is 8.82. The average molecular weight is 595 g/mol. The molecule has 5 heteroatoms. The standard InChI is InChI=1S/C41H30N4O/c1-44-38-19-11-18-35(39(38)45(2)41(44)46)34-25-24-31(32-16-9-10-17-33(32)34)27-20-22-29(23-21-27)37-26-36(28-12-5-3-6-13-28)42-40(43-37)30-14-7-4-8-15-30/h3-26H,1-2H3. The van der Waals surface area contributed by atoms with Crippen LogP contribution in [0.5, 0.6) is 0 Å². The monoisotopic (exact) mass is 594 g/mol. The largest absolute Gasteiger partial charge is 0.328 e. The molecule has 5 nitrogen and oxygen atoms in total. The Morgan fingerprint density at radius 2 is 1.00 bits per heavy atom. The van der Waals surface area contributed by atoms with Crippen molar-refractivity contribution < 1.29 is 0 Å². The molecule has 0 aliphatic heterocycles. The summed E-state index contributed by atoms with van der Waals surface area (Å²) in [6, 6.07) is 50.1. The lowest BCUT2D eigenvalue weighted by atomic mass is 9.91. The minimum atomic E-state index is -0.0288. The number of aryl methyl sites for hydroxylation is 2. The van der Waals surface area contributed by atoms with Crippen LogP contribution in [0.4, 0.5) is 0 Å². The number of benzene rings is 6. The third kappa shape index (κ3) is 4.61. The molecule has 0 amide bonds. The van der Waals surface area contributed by atoms with E-state index >= 15 is 0 Å². The lowest BCUT2D eigenvalue weighted by molar-refractivity contribution is 0.795. The lowest BCUT2D eigenvalue weighted by Gasteiger charge is -2.14. The molecule has 46 heavy (non-hydrogen) atoms. The molecule has 8 rings (SSSR count). The van der Waals surface area contributed by atoms with E-state index < -0.39 is 0 Å². The minimum absolute atomic E-state index is 0.0288. The molecule has 0 saturated carbocycles. The predicted octanol–water partition coefficient (Wildman–Crippen LogP) is 9.16. The van der Waals surface area contributed by atoms with Crippen molar-refractivity contribution in [3.63, 3.8) is 0 Å². The van der Waals surface area contributed by atoms with Gasteiger partial charge in [0.2, 0.25) is 0 Å². The van der Waals surface area contributed by atoms with Gasteiger partial charge in [0.05, 0.1) is 22.4 Å². The van der Waals surface area contributed by atoms with E-state index in [2.05, 4.69) is 84.9 Å². The topological polar surface area (TPSA) is 52.7 Å². The second-order valence-electron chi connectivity index (χ2n) is 11.6. The lowest BCUT2D eigenvalue weighted by Crippen LogP contribution is -2.19. The van der Waals surface area contributed by atoms with Crippen LogP contribution < -0.4 is 5.69 Å². The number of rotatable bonds is 5. The van der Waals surface area contributed by atoms with E-state index in [0.29, 0.717) is 5.82 Å². The van der Waals surface area contributed by atoms with Gasteiger partial charge in [0, 0.05) is 36.3 Å². The van der Waals surface area contributed by atoms with E-state index in [0.717, 1.165) is 72.1 Å². The SMILES string of the molecule is Cn1c(=O)n(C)c2c(-c3ccc(-c4ccc(-c5cc(-c6ccccc6)nc(-c6ccccc6)n5)cc4)c4ccccc34)cccc21. The first-order valence-electron chi connectivity index (χ1n) is 15.3. The fraction of sp³-hybridized carbons (Fsp3) is 0.0488. The Bertz CT molecular complexity index is 2380. The van der Waals surface area contributed by atoms with Crippen molar-refractivity contribution in [2.24, 2.45) is 14.1 Å². The molecule has 6 aromatic carbocycles. The Labute approximate surface area is 266 Å². The zero-order valence-corrected chi connectivity index (χ0v) is 25.6. The maximum Gasteiger partial charge on any atom is 0.328 e. The summed E-state index contributed by atoms with van der Waals surface area (Å²) >= 11 is 0. The Morgan fingerprint density at radius 3 is 1.67 bits per heavy atom. The summed E-state index contributed by atoms with van der Waals surface area (Å²) in [4.78, 5) is 22.7. The summed E-state index contributed by atoms with van der Waals surface area (Å²) in [5, 5.41) is 2.30. The van der Waals surface area contributed by atoms with E-state index in [4.69, 9.17) is 9.97 Å². The van der Waals surface area contributed by atoms with Crippen LogP contribution in [0.25, 0.3) is 78.0 Å². The van der Waals surface area contributed by atoms with E-state index in [-0.39, 0.29) is 5.69 Å². The molecule has 8 aromatic rings. The van der Waals surface area contributed by atoms with Gasteiger partial charge in [0.25, 0.3) is 0 Å². The summed E-state index contributed by atoms with van der Waals surface area (Å²) in [5.41, 5.74) is 11.1. The van der Waals surface area contributed by atoms with Gasteiger partial charge in [-0.05, 0) is 39.6 Å². The number of imidazole rings is 1. The first-order chi connectivity index (χ1) is 22.6. The van der Waals surface area contributed by atoms with Crippen molar-refractivity contribution in [3.05, 3.63) is 156 Å². The fourth-order valence-corrected chi connectivity index (χ4v) is 6.47. The summed E-state index contributed by atoms with van der Waals surface area (Å²) in [6.45, 7) is 0. The van der Waals surface area contributed by atoms with Gasteiger partial charge in [0.1, 0.15) is 0 Å². The second kappa shape index (κ2) is 11.1. The number of para-hydroxylation sites is 1. The summed E-state index contributed by atoms with van der Waals surface area (Å²) < 4.78 is 3.45. The van der Waals surface area contributed by atoms with Gasteiger partial charge in [-0.3, -0.25) is 9.13 Å². The van der Waals surface area contributed by atoms with Crippen molar-refractivity contribution in [3.8, 4) is 56.2 Å². The minimum Gasteiger partial charge on any atom is -0.295 e. The molecule has 0 fully saturated rings. The number of fused-ring (bicyclic) bond motifs is 2. The third-order valence-corrected chi connectivity index (χ3v) is 8.82. The van der Waals surface area contributed by atoms with Gasteiger partial charge in [-0.25, -0.2) is 14.8 Å². The molecule has 0 saturated heterocycles. The molecular weight excluding hydrogens is 564 g/mol. The highest BCUT2D eigenvalue weighted by Crippen LogP contribution is 2.38. The predicted molar refractivity (Wildman–Crippen MR) is 188 cm³/mol. The molecule has 0 bridgehead atoms. The van der Waals surface area contributed by atoms with E-state index in [1.807, 2.05) is 74.8 Å². The highest BCUT2D eigenvalue weighted by molar-refractivity contribution is 6.08. The normalized spacial score (nSPS) is 11.3. The highest BCUT2D eigenvalue weighted by Gasteiger charge is 2.17. The number of hydrogen-bond acceptors (Lipinski definition) is 3. The van der Waals surface area contributed by atoms with Gasteiger partial charge in [-0.2, -0.15) is 0 Å². The molecule has 0 aliphatic carbocycles. The summed E-state index contributed by atoms with van der Waals surface area (Å²) in [7, 11) is 3.67. The molecule has 0 radical (unpaired) electrons. The summed E-state index contributed by atoms with van der Waals surface area (Å²) in [5.74, 6) is 0.702. The van der Waals surface area contributed by atoms with Crippen molar-refractivity contribution in [2.75, 3.05) is 0 Å². The van der Waals surface area contributed by atoms with E-state index in [1.54, 1.807) is 9.13 Å². The van der Waals surface area contributed by atoms with Crippen LogP contribution in [-0.2, 0) is 14.1 Å². The van der Waals surface area contributed by atoms with Gasteiger partial charge < -0.3 is 0 Å². The quantitative estimate of drug-likeness (QED) is 0.200. The zero-order chi connectivity index (χ0) is 31.2. The van der Waals surface area contributed by atoms with Crippen LogP contribution in [0.15, 0.2) is 150 Å². The van der Waals surface area contributed by atoms with E-state index in [9.17, 15) is 4.79 Å². The van der Waals surface area contributed by atoms with Gasteiger partial charge >= 0.3 is 5.69 Å². The molecule has 2 heterocycles. The molecule has 220 valence electrons. The van der Waals surface area contributed by atoms with Crippen LogP contribution in [0.2, 0.25) is 0 Å². The zero-order valence-electron chi connectivity index (χ0n) is 25.6. The van der Waals surface area contributed by atoms with Crippen molar-refractivity contribution >= 4 is 21.8 Å². The van der Waals surface area contributed by atoms with Crippen LogP contribution in [0, 0.1) is 0 Å². The smallest absolute Gasteiger partial charge is 0.295 e. The van der Waals surface area contributed by atoms with Crippen molar-refractivity contribution in [2.45, 2.75) is 0 Å². The first-order valence-corrected chi connectivity index (χ1v) is 15.3. The van der Waals surface area contributed by atoms with Crippen LogP contribution >= 0.6 is 0 Å². The maximum absolute atomic E-state index is 12.8. The number of hydrogen-bond donors (Lipinski definition) is 0. The fourth-order valence-electron chi connectivity index (χ4n) is 6.47. The van der Waals surface area contributed by atoms with Crippen LogP contribution in [-0.4, -0.2) is 19.1 Å². The van der Waals surface area contributed by atoms with Crippen LogP contribution in [0.3, 0.4) is 0 Å². The summed E-state index contributed by atoms with van der Waals surface area (Å²) in [6.07, 6.45) is 0. The van der Waals surface area contributed by atoms with Gasteiger partial charge in [-0.15, -0.1) is 0 Å². The molecule has 2 aromatic heterocycles.